The van der Waals surface area contributed by atoms with Gasteiger partial charge in [-0.25, -0.2) is 8.78 Å². The summed E-state index contributed by atoms with van der Waals surface area (Å²) in [6.07, 6.45) is 2.98. The largest absolute Gasteiger partial charge is 0.503 e. The van der Waals surface area contributed by atoms with Crippen molar-refractivity contribution >= 4 is 5.91 Å². The molecule has 1 aromatic rings. The number of hydrogen-bond donors (Lipinski definition) is 2. The molecular formula is C14H17F3N2O2. The van der Waals surface area contributed by atoms with Crippen LogP contribution in [0, 0.1) is 17.5 Å². The van der Waals surface area contributed by atoms with Crippen LogP contribution in [0.1, 0.15) is 36.0 Å². The number of phenols is 1. The minimum atomic E-state index is -1.69. The first kappa shape index (κ1) is 15.6. The van der Waals surface area contributed by atoms with E-state index in [0.717, 1.165) is 19.3 Å². The van der Waals surface area contributed by atoms with Gasteiger partial charge in [0.1, 0.15) is 0 Å². The van der Waals surface area contributed by atoms with Crippen molar-refractivity contribution in [2.75, 3.05) is 13.1 Å². The summed E-state index contributed by atoms with van der Waals surface area (Å²) in [5.74, 6) is -6.80. The van der Waals surface area contributed by atoms with Crippen molar-refractivity contribution in [2.45, 2.75) is 31.7 Å². The number of likely N-dealkylation sites (tertiary alicyclic amines) is 1. The Morgan fingerprint density at radius 2 is 2.05 bits per heavy atom. The second-order valence-corrected chi connectivity index (χ2v) is 5.11. The Labute approximate surface area is 120 Å². The van der Waals surface area contributed by atoms with Gasteiger partial charge in [-0.2, -0.15) is 4.39 Å². The maximum absolute atomic E-state index is 13.8. The van der Waals surface area contributed by atoms with E-state index >= 15 is 0 Å². The van der Waals surface area contributed by atoms with Gasteiger partial charge in [0, 0.05) is 12.6 Å². The molecule has 1 aliphatic rings. The molecule has 0 aliphatic carbocycles. The minimum absolute atomic E-state index is 0.147. The molecule has 1 aromatic carbocycles. The Hall–Kier alpha value is -1.76. The fourth-order valence-corrected chi connectivity index (χ4v) is 2.66. The van der Waals surface area contributed by atoms with E-state index in [-0.39, 0.29) is 6.04 Å². The van der Waals surface area contributed by atoms with Gasteiger partial charge < -0.3 is 15.7 Å². The van der Waals surface area contributed by atoms with Gasteiger partial charge in [0.05, 0.1) is 5.56 Å². The van der Waals surface area contributed by atoms with E-state index in [1.807, 2.05) is 0 Å². The number of nitrogens with two attached hydrogens (primary N) is 1. The number of rotatable bonds is 3. The number of nitrogens with zero attached hydrogens (tertiary/aromatic N) is 1. The van der Waals surface area contributed by atoms with E-state index in [2.05, 4.69) is 0 Å². The lowest BCUT2D eigenvalue weighted by Crippen LogP contribution is -2.45. The predicted octanol–water partition coefficient (Wildman–Crippen LogP) is 2.15. The molecule has 116 valence electrons. The summed E-state index contributed by atoms with van der Waals surface area (Å²) < 4.78 is 40.2. The third-order valence-electron chi connectivity index (χ3n) is 3.75. The van der Waals surface area contributed by atoms with Crippen LogP contribution < -0.4 is 5.73 Å². The Balaban J connectivity index is 2.34. The summed E-state index contributed by atoms with van der Waals surface area (Å²) >= 11 is 0. The lowest BCUT2D eigenvalue weighted by atomic mass is 9.98. The number of halogens is 3. The van der Waals surface area contributed by atoms with Gasteiger partial charge in [0.2, 0.25) is 5.82 Å². The molecular weight excluding hydrogens is 285 g/mol. The zero-order chi connectivity index (χ0) is 15.6. The monoisotopic (exact) mass is 302 g/mol. The number of piperidine rings is 1. The van der Waals surface area contributed by atoms with Crippen LogP contribution in [0.4, 0.5) is 13.2 Å². The first-order chi connectivity index (χ1) is 9.97. The number of amides is 1. The van der Waals surface area contributed by atoms with E-state index in [1.165, 1.54) is 4.90 Å². The van der Waals surface area contributed by atoms with Crippen LogP contribution in [0.3, 0.4) is 0 Å². The lowest BCUT2D eigenvalue weighted by Gasteiger charge is -2.35. The number of carbonyl (C=O) groups excluding carboxylic acids is 1. The standard InChI is InChI=1S/C14H17F3N2O2/c15-10-7-9(11(16)13(20)12(10)17)14(21)19-6-2-1-3-8(19)4-5-18/h7-8,20H,1-6,18H2. The number of phenolic OH excluding ortho intramolecular Hbond substituents is 1. The van der Waals surface area contributed by atoms with Crippen molar-refractivity contribution in [3.8, 4) is 5.75 Å². The van der Waals surface area contributed by atoms with E-state index in [9.17, 15) is 23.1 Å². The zero-order valence-electron chi connectivity index (χ0n) is 11.4. The smallest absolute Gasteiger partial charge is 0.257 e. The van der Waals surface area contributed by atoms with E-state index in [1.54, 1.807) is 0 Å². The van der Waals surface area contributed by atoms with Crippen LogP contribution in [0.15, 0.2) is 6.07 Å². The molecule has 0 saturated carbocycles. The topological polar surface area (TPSA) is 66.6 Å². The van der Waals surface area contributed by atoms with Crippen LogP contribution >= 0.6 is 0 Å². The molecule has 1 amide bonds. The SMILES string of the molecule is NCCC1CCCCN1C(=O)c1cc(F)c(F)c(O)c1F. The molecule has 1 atom stereocenters. The van der Waals surface area contributed by atoms with Gasteiger partial charge in [-0.1, -0.05) is 0 Å². The van der Waals surface area contributed by atoms with Crippen molar-refractivity contribution in [1.82, 2.24) is 4.90 Å². The summed E-state index contributed by atoms with van der Waals surface area (Å²) in [6, 6.07) is 0.340. The van der Waals surface area contributed by atoms with Crippen molar-refractivity contribution < 1.29 is 23.1 Å². The summed E-state index contributed by atoms with van der Waals surface area (Å²) in [6.45, 7) is 0.780. The van der Waals surface area contributed by atoms with Crippen molar-refractivity contribution in [3.05, 3.63) is 29.1 Å². The first-order valence-electron chi connectivity index (χ1n) is 6.84. The van der Waals surface area contributed by atoms with Gasteiger partial charge in [0.25, 0.3) is 5.91 Å². The van der Waals surface area contributed by atoms with Crippen LogP contribution in [-0.2, 0) is 0 Å². The highest BCUT2D eigenvalue weighted by Gasteiger charge is 2.31. The third kappa shape index (κ3) is 2.97. The predicted molar refractivity (Wildman–Crippen MR) is 70.3 cm³/mol. The van der Waals surface area contributed by atoms with Crippen LogP contribution in [-0.4, -0.2) is 35.0 Å². The summed E-state index contributed by atoms with van der Waals surface area (Å²) in [4.78, 5) is 13.8. The normalized spacial score (nSPS) is 18.9. The van der Waals surface area contributed by atoms with Crippen LogP contribution in [0.25, 0.3) is 0 Å². The molecule has 1 heterocycles. The minimum Gasteiger partial charge on any atom is -0.503 e. The Bertz CT molecular complexity index is 550. The molecule has 0 spiro atoms. The average molecular weight is 302 g/mol. The van der Waals surface area contributed by atoms with Gasteiger partial charge in [0.15, 0.2) is 17.4 Å². The molecule has 1 unspecified atom stereocenters. The van der Waals surface area contributed by atoms with Gasteiger partial charge in [-0.05, 0) is 38.3 Å². The number of benzene rings is 1. The Morgan fingerprint density at radius 1 is 1.33 bits per heavy atom. The van der Waals surface area contributed by atoms with Crippen molar-refractivity contribution in [1.29, 1.82) is 0 Å². The molecule has 1 fully saturated rings. The van der Waals surface area contributed by atoms with Gasteiger partial charge in [-0.15, -0.1) is 0 Å². The zero-order valence-corrected chi connectivity index (χ0v) is 11.4. The number of hydrogen-bond acceptors (Lipinski definition) is 3. The molecule has 3 N–H and O–H groups in total. The van der Waals surface area contributed by atoms with Crippen molar-refractivity contribution in [3.63, 3.8) is 0 Å². The second kappa shape index (κ2) is 6.34. The fraction of sp³-hybridized carbons (Fsp3) is 0.500. The molecule has 0 bridgehead atoms. The third-order valence-corrected chi connectivity index (χ3v) is 3.75. The van der Waals surface area contributed by atoms with E-state index < -0.39 is 34.7 Å². The van der Waals surface area contributed by atoms with Gasteiger partial charge in [-0.3, -0.25) is 4.79 Å². The molecule has 21 heavy (non-hydrogen) atoms. The summed E-state index contributed by atoms with van der Waals surface area (Å²) in [5, 5.41) is 9.20. The maximum Gasteiger partial charge on any atom is 0.257 e. The summed E-state index contributed by atoms with van der Waals surface area (Å²) in [5.41, 5.74) is 4.84. The molecule has 1 aliphatic heterocycles. The molecule has 7 heteroatoms. The number of aromatic hydroxyl groups is 1. The highest BCUT2D eigenvalue weighted by atomic mass is 19.2. The van der Waals surface area contributed by atoms with Gasteiger partial charge >= 0.3 is 0 Å². The average Bonchev–Trinajstić information content (AvgIpc) is 2.49. The first-order valence-corrected chi connectivity index (χ1v) is 6.84. The summed E-state index contributed by atoms with van der Waals surface area (Å²) in [7, 11) is 0. The Kier molecular flexibility index (Phi) is 4.72. The lowest BCUT2D eigenvalue weighted by molar-refractivity contribution is 0.0598. The maximum atomic E-state index is 13.8. The molecule has 4 nitrogen and oxygen atoms in total. The fourth-order valence-electron chi connectivity index (χ4n) is 2.66. The molecule has 0 radical (unpaired) electrons. The Morgan fingerprint density at radius 3 is 2.71 bits per heavy atom. The van der Waals surface area contributed by atoms with E-state index in [4.69, 9.17) is 5.73 Å². The molecule has 0 aromatic heterocycles. The second-order valence-electron chi connectivity index (χ2n) is 5.11. The number of carbonyl (C=O) groups is 1. The highest BCUT2D eigenvalue weighted by molar-refractivity contribution is 5.95. The quantitative estimate of drug-likeness (QED) is 0.841. The van der Waals surface area contributed by atoms with Crippen LogP contribution in [0.5, 0.6) is 5.75 Å². The van der Waals surface area contributed by atoms with Crippen LogP contribution in [0.2, 0.25) is 0 Å². The van der Waals surface area contributed by atoms with Crippen molar-refractivity contribution in [2.24, 2.45) is 5.73 Å². The van der Waals surface area contributed by atoms with E-state index in [0.29, 0.717) is 25.6 Å². The molecule has 2 rings (SSSR count). The highest BCUT2D eigenvalue weighted by Crippen LogP contribution is 2.29. The molecule has 1 saturated heterocycles.